The van der Waals surface area contributed by atoms with E-state index >= 15 is 0 Å². The molecule has 2 rings (SSSR count). The van der Waals surface area contributed by atoms with E-state index < -0.39 is 0 Å². The molecule has 1 aromatic rings. The largest absolute Gasteiger partial charge is 0.327 e. The van der Waals surface area contributed by atoms with Gasteiger partial charge in [0.2, 0.25) is 5.91 Å². The number of benzene rings is 1. The minimum Gasteiger partial charge on any atom is -0.327 e. The van der Waals surface area contributed by atoms with Crippen molar-refractivity contribution in [2.45, 2.75) is 57.9 Å². The predicted molar refractivity (Wildman–Crippen MR) is 83.7 cm³/mol. The molecule has 1 aliphatic rings. The van der Waals surface area contributed by atoms with E-state index in [-0.39, 0.29) is 17.4 Å². The molecule has 0 heterocycles. The molecular formula is C17H26N2O. The van der Waals surface area contributed by atoms with E-state index in [4.69, 9.17) is 5.73 Å². The van der Waals surface area contributed by atoms with Crippen LogP contribution >= 0.6 is 0 Å². The molecule has 3 N–H and O–H groups in total. The van der Waals surface area contributed by atoms with Crippen molar-refractivity contribution in [3.05, 3.63) is 29.8 Å². The van der Waals surface area contributed by atoms with Crippen molar-refractivity contribution in [3.8, 4) is 0 Å². The molecule has 2 atom stereocenters. The van der Waals surface area contributed by atoms with E-state index in [1.165, 1.54) is 5.56 Å². The first kappa shape index (κ1) is 15.0. The number of carbonyl (C=O) groups is 1. The van der Waals surface area contributed by atoms with Crippen molar-refractivity contribution in [3.63, 3.8) is 0 Å². The average Bonchev–Trinajstić information content (AvgIpc) is 2.74. The summed E-state index contributed by atoms with van der Waals surface area (Å²) >= 11 is 0. The third kappa shape index (κ3) is 3.83. The molecule has 1 amide bonds. The summed E-state index contributed by atoms with van der Waals surface area (Å²) in [6.45, 7) is 6.55. The van der Waals surface area contributed by atoms with Crippen LogP contribution in [0.3, 0.4) is 0 Å². The molecule has 0 unspecified atom stereocenters. The van der Waals surface area contributed by atoms with Crippen molar-refractivity contribution in [2.75, 3.05) is 5.32 Å². The van der Waals surface area contributed by atoms with Crippen molar-refractivity contribution >= 4 is 11.6 Å². The lowest BCUT2D eigenvalue weighted by Gasteiger charge is -2.19. The Hall–Kier alpha value is -1.35. The van der Waals surface area contributed by atoms with Gasteiger partial charge in [-0.3, -0.25) is 4.79 Å². The first-order chi connectivity index (χ1) is 9.36. The molecule has 0 aromatic heterocycles. The van der Waals surface area contributed by atoms with Crippen molar-refractivity contribution in [2.24, 2.45) is 11.7 Å². The lowest BCUT2D eigenvalue weighted by molar-refractivity contribution is -0.117. The van der Waals surface area contributed by atoms with Gasteiger partial charge in [-0.05, 0) is 41.9 Å². The summed E-state index contributed by atoms with van der Waals surface area (Å²) in [6.07, 6.45) is 3.83. The lowest BCUT2D eigenvalue weighted by atomic mass is 9.87. The third-order valence-corrected chi connectivity index (χ3v) is 4.20. The number of hydrogen-bond acceptors (Lipinski definition) is 2. The molecule has 1 saturated carbocycles. The molecule has 0 bridgehead atoms. The van der Waals surface area contributed by atoms with Gasteiger partial charge >= 0.3 is 0 Å². The summed E-state index contributed by atoms with van der Waals surface area (Å²) < 4.78 is 0. The van der Waals surface area contributed by atoms with Gasteiger partial charge in [-0.25, -0.2) is 0 Å². The highest BCUT2D eigenvalue weighted by molar-refractivity contribution is 5.90. The number of amides is 1. The zero-order valence-electron chi connectivity index (χ0n) is 12.8. The summed E-state index contributed by atoms with van der Waals surface area (Å²) in [5.74, 6) is 0.430. The van der Waals surface area contributed by atoms with Crippen LogP contribution in [0.4, 0.5) is 5.69 Å². The van der Waals surface area contributed by atoms with Crippen LogP contribution < -0.4 is 11.1 Å². The Labute approximate surface area is 121 Å². The summed E-state index contributed by atoms with van der Waals surface area (Å²) in [5, 5.41) is 2.97. The highest BCUT2D eigenvalue weighted by Crippen LogP contribution is 2.27. The molecule has 110 valence electrons. The van der Waals surface area contributed by atoms with Gasteiger partial charge in [0.05, 0.1) is 0 Å². The Morgan fingerprint density at radius 2 is 1.90 bits per heavy atom. The Bertz CT molecular complexity index is 459. The number of nitrogens with two attached hydrogens (primary N) is 1. The van der Waals surface area contributed by atoms with Crippen LogP contribution in [-0.4, -0.2) is 11.9 Å². The molecular weight excluding hydrogens is 248 g/mol. The average molecular weight is 274 g/mol. The number of rotatable bonds is 3. The SMILES string of the molecule is CC(C)(C)c1ccc(NC(=O)C[C@@H]2CCC[C@H]2N)cc1. The molecule has 1 fully saturated rings. The van der Waals surface area contributed by atoms with Crippen LogP contribution in [-0.2, 0) is 10.2 Å². The zero-order valence-corrected chi connectivity index (χ0v) is 12.8. The molecule has 0 radical (unpaired) electrons. The van der Waals surface area contributed by atoms with E-state index in [1.54, 1.807) is 0 Å². The van der Waals surface area contributed by atoms with Gasteiger partial charge in [0.1, 0.15) is 0 Å². The predicted octanol–water partition coefficient (Wildman–Crippen LogP) is 3.44. The van der Waals surface area contributed by atoms with E-state index in [9.17, 15) is 4.79 Å². The van der Waals surface area contributed by atoms with E-state index in [0.29, 0.717) is 12.3 Å². The van der Waals surface area contributed by atoms with Crippen LogP contribution in [0, 0.1) is 5.92 Å². The Morgan fingerprint density at radius 3 is 2.40 bits per heavy atom. The van der Waals surface area contributed by atoms with Gasteiger partial charge < -0.3 is 11.1 Å². The zero-order chi connectivity index (χ0) is 14.8. The quantitative estimate of drug-likeness (QED) is 0.887. The smallest absolute Gasteiger partial charge is 0.224 e. The number of nitrogens with one attached hydrogen (secondary N) is 1. The molecule has 20 heavy (non-hydrogen) atoms. The second kappa shape index (κ2) is 5.96. The monoisotopic (exact) mass is 274 g/mol. The van der Waals surface area contributed by atoms with Gasteiger partial charge in [0, 0.05) is 18.2 Å². The maximum absolute atomic E-state index is 12.0. The van der Waals surface area contributed by atoms with Crippen LogP contribution in [0.1, 0.15) is 52.0 Å². The summed E-state index contributed by atoms with van der Waals surface area (Å²) in [7, 11) is 0. The number of hydrogen-bond donors (Lipinski definition) is 2. The van der Waals surface area contributed by atoms with Gasteiger partial charge in [-0.1, -0.05) is 39.3 Å². The van der Waals surface area contributed by atoms with Crippen molar-refractivity contribution < 1.29 is 4.79 Å². The number of carbonyl (C=O) groups excluding carboxylic acids is 1. The van der Waals surface area contributed by atoms with Gasteiger partial charge in [-0.15, -0.1) is 0 Å². The van der Waals surface area contributed by atoms with Gasteiger partial charge in [-0.2, -0.15) is 0 Å². The topological polar surface area (TPSA) is 55.1 Å². The highest BCUT2D eigenvalue weighted by atomic mass is 16.1. The normalized spacial score (nSPS) is 22.8. The van der Waals surface area contributed by atoms with Gasteiger partial charge in [0.25, 0.3) is 0 Å². The Morgan fingerprint density at radius 1 is 1.25 bits per heavy atom. The van der Waals surface area contributed by atoms with E-state index in [0.717, 1.165) is 24.9 Å². The lowest BCUT2D eigenvalue weighted by Crippen LogP contribution is -2.28. The molecule has 3 nitrogen and oxygen atoms in total. The van der Waals surface area contributed by atoms with Crippen LogP contribution in [0.25, 0.3) is 0 Å². The van der Waals surface area contributed by atoms with Crippen molar-refractivity contribution in [1.29, 1.82) is 0 Å². The fraction of sp³-hybridized carbons (Fsp3) is 0.588. The maximum atomic E-state index is 12.0. The summed E-state index contributed by atoms with van der Waals surface area (Å²) in [5.41, 5.74) is 8.29. The van der Waals surface area contributed by atoms with E-state index in [2.05, 4.69) is 38.2 Å². The minimum absolute atomic E-state index is 0.0795. The third-order valence-electron chi connectivity index (χ3n) is 4.20. The maximum Gasteiger partial charge on any atom is 0.224 e. The second-order valence-electron chi connectivity index (χ2n) is 6.93. The first-order valence-corrected chi connectivity index (χ1v) is 7.52. The molecule has 0 saturated heterocycles. The fourth-order valence-electron chi connectivity index (χ4n) is 2.82. The molecule has 3 heteroatoms. The standard InChI is InChI=1S/C17H26N2O/c1-17(2,3)13-7-9-14(10-8-13)19-16(20)11-12-5-4-6-15(12)18/h7-10,12,15H,4-6,11,18H2,1-3H3,(H,19,20)/t12-,15+/m0/s1. The Kier molecular flexibility index (Phi) is 4.48. The molecule has 1 aliphatic carbocycles. The second-order valence-corrected chi connectivity index (χ2v) is 6.93. The first-order valence-electron chi connectivity index (χ1n) is 7.52. The molecule has 0 aliphatic heterocycles. The van der Waals surface area contributed by atoms with Crippen LogP contribution in [0.2, 0.25) is 0 Å². The molecule has 0 spiro atoms. The fourth-order valence-corrected chi connectivity index (χ4v) is 2.82. The highest BCUT2D eigenvalue weighted by Gasteiger charge is 2.26. The Balaban J connectivity index is 1.91. The molecule has 1 aromatic carbocycles. The summed E-state index contributed by atoms with van der Waals surface area (Å²) in [6, 6.07) is 8.32. The van der Waals surface area contributed by atoms with Gasteiger partial charge in [0.15, 0.2) is 0 Å². The van der Waals surface area contributed by atoms with Crippen LogP contribution in [0.5, 0.6) is 0 Å². The van der Waals surface area contributed by atoms with Crippen LogP contribution in [0.15, 0.2) is 24.3 Å². The minimum atomic E-state index is 0.0795. The number of anilines is 1. The van der Waals surface area contributed by atoms with E-state index in [1.807, 2.05) is 12.1 Å². The van der Waals surface area contributed by atoms with Crippen molar-refractivity contribution in [1.82, 2.24) is 0 Å². The summed E-state index contributed by atoms with van der Waals surface area (Å²) in [4.78, 5) is 12.0.